The Hall–Kier alpha value is -5.50. The van der Waals surface area contributed by atoms with Gasteiger partial charge >= 0.3 is 11.9 Å². The van der Waals surface area contributed by atoms with Crippen LogP contribution in [0.15, 0.2) is 109 Å². The maximum atomic E-state index is 12.0. The monoisotopic (exact) mass is 851 g/mol. The van der Waals surface area contributed by atoms with Crippen LogP contribution in [0, 0.1) is 10.8 Å². The van der Waals surface area contributed by atoms with E-state index < -0.39 is 10.8 Å². The van der Waals surface area contributed by atoms with Gasteiger partial charge in [0.15, 0.2) is 11.5 Å². The molecule has 5 aromatic rings. The van der Waals surface area contributed by atoms with Crippen LogP contribution < -0.4 is 9.47 Å². The van der Waals surface area contributed by atoms with E-state index in [-0.39, 0.29) is 29.9 Å². The zero-order valence-electron chi connectivity index (χ0n) is 39.9. The third kappa shape index (κ3) is 16.4. The van der Waals surface area contributed by atoms with E-state index in [1.807, 2.05) is 128 Å². The first-order valence-corrected chi connectivity index (χ1v) is 22.0. The minimum absolute atomic E-state index is 0.133. The summed E-state index contributed by atoms with van der Waals surface area (Å²) in [4.78, 5) is 23.8. The molecule has 0 aliphatic rings. The van der Waals surface area contributed by atoms with Gasteiger partial charge in [-0.05, 0) is 148 Å². The van der Waals surface area contributed by atoms with E-state index in [0.29, 0.717) is 23.3 Å². The summed E-state index contributed by atoms with van der Waals surface area (Å²) >= 11 is 0. The summed E-state index contributed by atoms with van der Waals surface area (Å²) in [5.41, 5.74) is 3.75. The second-order valence-corrected chi connectivity index (χ2v) is 17.1. The number of carbonyl (C=O) groups excluding carboxylic acids is 2. The van der Waals surface area contributed by atoms with Gasteiger partial charge in [0.2, 0.25) is 0 Å². The van der Waals surface area contributed by atoms with E-state index in [4.69, 9.17) is 18.9 Å². The molecule has 0 aliphatic carbocycles. The molecule has 5 aromatic carbocycles. The largest absolute Gasteiger partial charge is 0.508 e. The summed E-state index contributed by atoms with van der Waals surface area (Å²) in [5, 5.41) is 21.0. The number of aromatic hydroxyl groups is 2. The molecule has 0 bridgehead atoms. The zero-order valence-corrected chi connectivity index (χ0v) is 39.9. The van der Waals surface area contributed by atoms with E-state index in [2.05, 4.69) is 45.9 Å². The van der Waals surface area contributed by atoms with Crippen LogP contribution in [0.1, 0.15) is 155 Å². The number of ether oxygens (including phenoxy) is 4. The van der Waals surface area contributed by atoms with E-state index >= 15 is 0 Å². The Labute approximate surface area is 372 Å². The first kappa shape index (κ1) is 52.6. The number of rotatable bonds is 14. The molecule has 2 N–H and O–H groups in total. The first-order valence-electron chi connectivity index (χ1n) is 22.0. The summed E-state index contributed by atoms with van der Waals surface area (Å²) in [6, 6.07) is 34.8. The molecule has 0 aliphatic heterocycles. The highest BCUT2D eigenvalue weighted by molar-refractivity contribution is 5.84. The third-order valence-corrected chi connectivity index (χ3v) is 11.7. The number of phenolic OH excluding ortho intramolecular Hbond substituents is 2. The Morgan fingerprint density at radius 2 is 0.968 bits per heavy atom. The van der Waals surface area contributed by atoms with Crippen molar-refractivity contribution in [3.05, 3.63) is 131 Å². The molecule has 0 saturated carbocycles. The molecule has 0 heterocycles. The van der Waals surface area contributed by atoms with Crippen LogP contribution in [0.3, 0.4) is 0 Å². The van der Waals surface area contributed by atoms with Crippen LogP contribution >= 0.6 is 0 Å². The van der Waals surface area contributed by atoms with Gasteiger partial charge in [-0.3, -0.25) is 9.59 Å². The molecule has 338 valence electrons. The van der Waals surface area contributed by atoms with Crippen molar-refractivity contribution in [2.45, 2.75) is 133 Å². The molecule has 8 heteroatoms. The fourth-order valence-electron chi connectivity index (χ4n) is 5.69. The van der Waals surface area contributed by atoms with Crippen LogP contribution in [0.5, 0.6) is 23.0 Å². The summed E-state index contributed by atoms with van der Waals surface area (Å²) in [6.07, 6.45) is 3.38. The van der Waals surface area contributed by atoms with Crippen molar-refractivity contribution < 1.29 is 38.7 Å². The number of hydrogen-bond acceptors (Lipinski definition) is 8. The van der Waals surface area contributed by atoms with Crippen LogP contribution in [0.2, 0.25) is 0 Å². The van der Waals surface area contributed by atoms with Crippen molar-refractivity contribution in [2.24, 2.45) is 10.8 Å². The third-order valence-electron chi connectivity index (χ3n) is 11.7. The summed E-state index contributed by atoms with van der Waals surface area (Å²) in [6.45, 7) is 24.1. The van der Waals surface area contributed by atoms with Gasteiger partial charge in [-0.2, -0.15) is 0 Å². The smallest absolute Gasteiger partial charge is 0.312 e. The molecule has 4 unspecified atom stereocenters. The average Bonchev–Trinajstić information content (AvgIpc) is 3.29. The molecule has 4 atom stereocenters. The van der Waals surface area contributed by atoms with Crippen molar-refractivity contribution in [1.82, 2.24) is 0 Å². The van der Waals surface area contributed by atoms with Gasteiger partial charge < -0.3 is 29.2 Å². The Morgan fingerprint density at radius 1 is 0.532 bits per heavy atom. The van der Waals surface area contributed by atoms with Crippen molar-refractivity contribution in [3.63, 3.8) is 0 Å². The normalized spacial score (nSPS) is 12.9. The van der Waals surface area contributed by atoms with Crippen LogP contribution in [-0.4, -0.2) is 36.4 Å². The van der Waals surface area contributed by atoms with Gasteiger partial charge in [0.25, 0.3) is 0 Å². The van der Waals surface area contributed by atoms with Gasteiger partial charge in [-0.25, -0.2) is 0 Å². The molecule has 0 radical (unpaired) electrons. The highest BCUT2D eigenvalue weighted by Crippen LogP contribution is 2.31. The lowest BCUT2D eigenvalue weighted by atomic mass is 9.90. The standard InChI is InChI=1S/C15H22O3.C14H20O2.C14H16O.C11H16O2/c1-6-15(3,4)14(16)18-11(2)12-7-9-13(17-5)10-8-12;1-5-14(3,4)13(15)16-11(2)12-9-7-6-8-10-12;1-3-10(2)11-4-5-13-9-14(15)7-6-12(13)8-11;1-4-8(2)9-5-6-10(12)11(7-9)13-3/h7-11H,6H2,1-5H3;6-11H,5H2,1-4H3;4-10,15H,3H2,1-2H3;5-8,12H,4H2,1-3H3. The average molecular weight is 851 g/mol. The summed E-state index contributed by atoms with van der Waals surface area (Å²) < 4.78 is 21.1. The second kappa shape index (κ2) is 25.4. The molecule has 62 heavy (non-hydrogen) atoms. The van der Waals surface area contributed by atoms with E-state index in [0.717, 1.165) is 47.9 Å². The number of esters is 2. The number of benzene rings is 5. The highest BCUT2D eigenvalue weighted by Gasteiger charge is 2.29. The van der Waals surface area contributed by atoms with Gasteiger partial charge in [-0.1, -0.05) is 114 Å². The number of carbonyl (C=O) groups is 2. The van der Waals surface area contributed by atoms with Gasteiger partial charge in [0.05, 0.1) is 25.0 Å². The lowest BCUT2D eigenvalue weighted by molar-refractivity contribution is -0.160. The molecule has 0 aromatic heterocycles. The highest BCUT2D eigenvalue weighted by atomic mass is 16.5. The predicted octanol–water partition coefficient (Wildman–Crippen LogP) is 14.4. The fourth-order valence-corrected chi connectivity index (χ4v) is 5.69. The molecule has 0 saturated heterocycles. The molecule has 5 rings (SSSR count). The topological polar surface area (TPSA) is 112 Å². The van der Waals surface area contributed by atoms with Crippen LogP contribution in [-0.2, 0) is 19.1 Å². The quantitative estimate of drug-likeness (QED) is 0.106. The Morgan fingerprint density at radius 3 is 1.44 bits per heavy atom. The first-order chi connectivity index (χ1) is 29.3. The lowest BCUT2D eigenvalue weighted by Gasteiger charge is -2.23. The van der Waals surface area contributed by atoms with E-state index in [1.54, 1.807) is 32.4 Å². The molecular weight excluding hydrogens is 777 g/mol. The Bertz CT molecular complexity index is 2090. The minimum atomic E-state index is -0.430. The van der Waals surface area contributed by atoms with E-state index in [1.165, 1.54) is 16.5 Å². The van der Waals surface area contributed by atoms with Crippen molar-refractivity contribution in [1.29, 1.82) is 0 Å². The zero-order chi connectivity index (χ0) is 46.6. The lowest BCUT2D eigenvalue weighted by Crippen LogP contribution is -2.26. The van der Waals surface area contributed by atoms with Crippen molar-refractivity contribution >= 4 is 22.7 Å². The second-order valence-electron chi connectivity index (χ2n) is 17.1. The maximum Gasteiger partial charge on any atom is 0.312 e. The number of phenols is 2. The van der Waals surface area contributed by atoms with Crippen LogP contribution in [0.25, 0.3) is 10.8 Å². The predicted molar refractivity (Wildman–Crippen MR) is 254 cm³/mol. The number of methoxy groups -OCH3 is 2. The van der Waals surface area contributed by atoms with Gasteiger partial charge in [-0.15, -0.1) is 0 Å². The fraction of sp³-hybridized carbons (Fsp3) is 0.444. The maximum absolute atomic E-state index is 12.0. The molecule has 8 nitrogen and oxygen atoms in total. The van der Waals surface area contributed by atoms with E-state index in [9.17, 15) is 19.8 Å². The molecule has 0 amide bonds. The SMILES string of the molecule is CCC(C)(C)C(=O)OC(C)c1ccc(OC)cc1.CCC(C)(C)C(=O)OC(C)c1ccccc1.CCC(C)c1ccc(O)c(OC)c1.CCC(C)c1ccc2cc(O)ccc2c1. The number of hydrogen-bond donors (Lipinski definition) is 2. The molecule has 0 fully saturated rings. The summed E-state index contributed by atoms with van der Waals surface area (Å²) in [7, 11) is 3.19. The minimum Gasteiger partial charge on any atom is -0.508 e. The van der Waals surface area contributed by atoms with Gasteiger partial charge in [0.1, 0.15) is 23.7 Å². The van der Waals surface area contributed by atoms with Crippen LogP contribution in [0.4, 0.5) is 0 Å². The van der Waals surface area contributed by atoms with Crippen molar-refractivity contribution in [2.75, 3.05) is 14.2 Å². The summed E-state index contributed by atoms with van der Waals surface area (Å²) in [5.74, 6) is 2.70. The molecule has 0 spiro atoms. The Balaban J connectivity index is 0.000000286. The number of fused-ring (bicyclic) bond motifs is 1. The van der Waals surface area contributed by atoms with Crippen molar-refractivity contribution in [3.8, 4) is 23.0 Å². The van der Waals surface area contributed by atoms with Gasteiger partial charge in [0, 0.05) is 0 Å². The molecular formula is C54H74O8. The Kier molecular flexibility index (Phi) is 21.6.